The number of phenols is 1. The highest BCUT2D eigenvalue weighted by molar-refractivity contribution is 5.27. The summed E-state index contributed by atoms with van der Waals surface area (Å²) in [4.78, 5) is 2.63. The van der Waals surface area contributed by atoms with Crippen LogP contribution >= 0.6 is 0 Å². The van der Waals surface area contributed by atoms with E-state index in [0.717, 1.165) is 18.5 Å². The average Bonchev–Trinajstić information content (AvgIpc) is 2.88. The normalized spacial score (nSPS) is 16.6. The van der Waals surface area contributed by atoms with Crippen molar-refractivity contribution >= 4 is 0 Å². The maximum Gasteiger partial charge on any atom is 0.115 e. The van der Waals surface area contributed by atoms with Crippen molar-refractivity contribution in [1.29, 1.82) is 0 Å². The van der Waals surface area contributed by atoms with E-state index in [2.05, 4.69) is 24.8 Å². The summed E-state index contributed by atoms with van der Waals surface area (Å²) in [5, 5.41) is 9.59. The van der Waals surface area contributed by atoms with Crippen molar-refractivity contribution in [3.63, 3.8) is 0 Å². The summed E-state index contributed by atoms with van der Waals surface area (Å²) in [6.07, 6.45) is 6.70. The Morgan fingerprint density at radius 3 is 2.63 bits per heavy atom. The van der Waals surface area contributed by atoms with E-state index >= 15 is 0 Å². The molecule has 1 N–H and O–H groups in total. The SMILES string of the molecule is CC(C)CCN(Cc1cccc(O)c1)C1CCCC1. The zero-order valence-corrected chi connectivity index (χ0v) is 12.3. The molecule has 0 aliphatic heterocycles. The lowest BCUT2D eigenvalue weighted by Gasteiger charge is -2.29. The Morgan fingerprint density at radius 2 is 2.00 bits per heavy atom. The molecule has 0 atom stereocenters. The van der Waals surface area contributed by atoms with Crippen LogP contribution in [-0.4, -0.2) is 22.6 Å². The topological polar surface area (TPSA) is 23.5 Å². The summed E-state index contributed by atoms with van der Waals surface area (Å²) in [6, 6.07) is 8.47. The van der Waals surface area contributed by atoms with Crippen LogP contribution in [0.3, 0.4) is 0 Å². The van der Waals surface area contributed by atoms with Gasteiger partial charge < -0.3 is 5.11 Å². The monoisotopic (exact) mass is 261 g/mol. The molecule has 1 aliphatic rings. The number of benzene rings is 1. The lowest BCUT2D eigenvalue weighted by atomic mass is 10.1. The molecule has 0 aromatic heterocycles. The third-order valence-corrected chi connectivity index (χ3v) is 4.13. The minimum Gasteiger partial charge on any atom is -0.508 e. The Bertz CT molecular complexity index is 383. The van der Waals surface area contributed by atoms with Crippen molar-refractivity contribution < 1.29 is 5.11 Å². The number of aromatic hydroxyl groups is 1. The van der Waals surface area contributed by atoms with Gasteiger partial charge in [0.05, 0.1) is 0 Å². The number of hydrogen-bond donors (Lipinski definition) is 1. The molecule has 0 amide bonds. The smallest absolute Gasteiger partial charge is 0.115 e. The molecule has 0 bridgehead atoms. The lowest BCUT2D eigenvalue weighted by molar-refractivity contribution is 0.179. The van der Waals surface area contributed by atoms with Crippen LogP contribution in [0.15, 0.2) is 24.3 Å². The van der Waals surface area contributed by atoms with Gasteiger partial charge in [-0.25, -0.2) is 0 Å². The molecule has 2 rings (SSSR count). The number of phenolic OH excluding ortho intramolecular Hbond substituents is 1. The quantitative estimate of drug-likeness (QED) is 0.830. The Balaban J connectivity index is 1.99. The summed E-state index contributed by atoms with van der Waals surface area (Å²) < 4.78 is 0. The first-order valence-corrected chi connectivity index (χ1v) is 7.67. The van der Waals surface area contributed by atoms with Crippen LogP contribution in [0.1, 0.15) is 51.5 Å². The van der Waals surface area contributed by atoms with Gasteiger partial charge in [0.15, 0.2) is 0 Å². The Morgan fingerprint density at radius 1 is 1.26 bits per heavy atom. The van der Waals surface area contributed by atoms with Gasteiger partial charge in [-0.05, 0) is 49.4 Å². The van der Waals surface area contributed by atoms with Gasteiger partial charge in [-0.2, -0.15) is 0 Å². The van der Waals surface area contributed by atoms with Gasteiger partial charge in [0.25, 0.3) is 0 Å². The molecule has 1 aromatic carbocycles. The summed E-state index contributed by atoms with van der Waals surface area (Å²) >= 11 is 0. The Hall–Kier alpha value is -1.02. The third-order valence-electron chi connectivity index (χ3n) is 4.13. The van der Waals surface area contributed by atoms with E-state index in [1.54, 1.807) is 6.07 Å². The summed E-state index contributed by atoms with van der Waals surface area (Å²) in [5.41, 5.74) is 1.23. The Labute approximate surface area is 117 Å². The number of nitrogens with zero attached hydrogens (tertiary/aromatic N) is 1. The second-order valence-electron chi connectivity index (χ2n) is 6.26. The fourth-order valence-electron chi connectivity index (χ4n) is 2.97. The molecule has 106 valence electrons. The van der Waals surface area contributed by atoms with Crippen LogP contribution in [0.25, 0.3) is 0 Å². The third kappa shape index (κ3) is 4.54. The molecule has 2 heteroatoms. The summed E-state index contributed by atoms with van der Waals surface area (Å²) in [5.74, 6) is 1.14. The van der Waals surface area contributed by atoms with E-state index in [4.69, 9.17) is 0 Å². The minimum absolute atomic E-state index is 0.382. The van der Waals surface area contributed by atoms with Crippen LogP contribution in [0.4, 0.5) is 0 Å². The maximum atomic E-state index is 9.59. The fourth-order valence-corrected chi connectivity index (χ4v) is 2.97. The van der Waals surface area contributed by atoms with E-state index in [1.807, 2.05) is 12.1 Å². The first kappa shape index (κ1) is 14.4. The largest absolute Gasteiger partial charge is 0.508 e. The van der Waals surface area contributed by atoms with Crippen molar-refractivity contribution in [1.82, 2.24) is 4.90 Å². The molecule has 0 saturated heterocycles. The molecule has 2 nitrogen and oxygen atoms in total. The number of rotatable bonds is 6. The molecule has 19 heavy (non-hydrogen) atoms. The minimum atomic E-state index is 0.382. The second kappa shape index (κ2) is 6.95. The summed E-state index contributed by atoms with van der Waals surface area (Å²) in [7, 11) is 0. The molecule has 0 spiro atoms. The zero-order chi connectivity index (χ0) is 13.7. The molecular formula is C17H27NO. The zero-order valence-electron chi connectivity index (χ0n) is 12.3. The average molecular weight is 261 g/mol. The van der Waals surface area contributed by atoms with Crippen LogP contribution in [0, 0.1) is 5.92 Å². The molecule has 0 radical (unpaired) electrons. The molecule has 0 unspecified atom stereocenters. The summed E-state index contributed by atoms with van der Waals surface area (Å²) in [6.45, 7) is 6.74. The fraction of sp³-hybridized carbons (Fsp3) is 0.647. The molecular weight excluding hydrogens is 234 g/mol. The van der Waals surface area contributed by atoms with Crippen molar-refractivity contribution in [2.24, 2.45) is 5.92 Å². The van der Waals surface area contributed by atoms with Crippen LogP contribution in [0.5, 0.6) is 5.75 Å². The first-order chi connectivity index (χ1) is 9.15. The highest BCUT2D eigenvalue weighted by atomic mass is 16.3. The lowest BCUT2D eigenvalue weighted by Crippen LogP contribution is -2.34. The van der Waals surface area contributed by atoms with Crippen LogP contribution in [0.2, 0.25) is 0 Å². The van der Waals surface area contributed by atoms with Gasteiger partial charge in [-0.15, -0.1) is 0 Å². The van der Waals surface area contributed by atoms with Gasteiger partial charge >= 0.3 is 0 Å². The van der Waals surface area contributed by atoms with Gasteiger partial charge in [0, 0.05) is 12.6 Å². The van der Waals surface area contributed by atoms with Crippen molar-refractivity contribution in [2.75, 3.05) is 6.54 Å². The van der Waals surface area contributed by atoms with Gasteiger partial charge in [-0.1, -0.05) is 38.8 Å². The number of hydrogen-bond acceptors (Lipinski definition) is 2. The van der Waals surface area contributed by atoms with Crippen molar-refractivity contribution in [3.05, 3.63) is 29.8 Å². The molecule has 1 aliphatic carbocycles. The Kier molecular flexibility index (Phi) is 5.26. The maximum absolute atomic E-state index is 9.59. The molecule has 1 fully saturated rings. The first-order valence-electron chi connectivity index (χ1n) is 7.67. The van der Waals surface area contributed by atoms with Crippen molar-refractivity contribution in [2.45, 2.75) is 58.5 Å². The van der Waals surface area contributed by atoms with Gasteiger partial charge in [0.1, 0.15) is 5.75 Å². The van der Waals surface area contributed by atoms with Gasteiger partial charge in [0.2, 0.25) is 0 Å². The van der Waals surface area contributed by atoms with Crippen LogP contribution in [-0.2, 0) is 6.54 Å². The standard InChI is InChI=1S/C17H27NO/c1-14(2)10-11-18(16-7-3-4-8-16)13-15-6-5-9-17(19)12-15/h5-6,9,12,14,16,19H,3-4,7-8,10-11,13H2,1-2H3. The van der Waals surface area contributed by atoms with Gasteiger partial charge in [-0.3, -0.25) is 4.90 Å². The second-order valence-corrected chi connectivity index (χ2v) is 6.26. The van der Waals surface area contributed by atoms with E-state index in [-0.39, 0.29) is 0 Å². The highest BCUT2D eigenvalue weighted by Gasteiger charge is 2.22. The molecule has 1 saturated carbocycles. The van der Waals surface area contributed by atoms with Crippen LogP contribution < -0.4 is 0 Å². The molecule has 0 heterocycles. The predicted molar refractivity (Wildman–Crippen MR) is 80.2 cm³/mol. The van der Waals surface area contributed by atoms with E-state index in [1.165, 1.54) is 44.2 Å². The van der Waals surface area contributed by atoms with E-state index < -0.39 is 0 Å². The van der Waals surface area contributed by atoms with E-state index in [9.17, 15) is 5.11 Å². The predicted octanol–water partition coefficient (Wildman–Crippen LogP) is 4.18. The van der Waals surface area contributed by atoms with E-state index in [0.29, 0.717) is 5.75 Å². The molecule has 1 aromatic rings. The highest BCUT2D eigenvalue weighted by Crippen LogP contribution is 2.26. The van der Waals surface area contributed by atoms with Crippen molar-refractivity contribution in [3.8, 4) is 5.75 Å².